The molecule has 0 unspecified atom stereocenters. The third-order valence-corrected chi connectivity index (χ3v) is 8.45. The first kappa shape index (κ1) is 28.1. The predicted octanol–water partition coefficient (Wildman–Crippen LogP) is 5.60. The minimum absolute atomic E-state index is 0.0621. The highest BCUT2D eigenvalue weighted by Crippen LogP contribution is 2.32. The van der Waals surface area contributed by atoms with E-state index in [0.29, 0.717) is 12.4 Å². The number of amides is 1. The number of benzene rings is 3. The Kier molecular flexibility index (Phi) is 8.88. The Labute approximate surface area is 237 Å². The van der Waals surface area contributed by atoms with E-state index in [0.717, 1.165) is 31.4 Å². The maximum Gasteiger partial charge on any atom is 0.264 e. The topological polar surface area (TPSA) is 93.0 Å². The molecule has 1 aromatic heterocycles. The van der Waals surface area contributed by atoms with Gasteiger partial charge in [-0.25, -0.2) is 13.8 Å². The number of hydrazone groups is 1. The van der Waals surface area contributed by atoms with Gasteiger partial charge in [0, 0.05) is 21.4 Å². The SMILES string of the molecule is CCOc1ccccc1N(CC(=O)N/N=C\c1cc(C)n(-c2ccccc2Br)c1C)S(=O)(=O)c1ccccc1. The van der Waals surface area contributed by atoms with Gasteiger partial charge in [0.2, 0.25) is 0 Å². The number of nitrogens with zero attached hydrogens (tertiary/aromatic N) is 3. The van der Waals surface area contributed by atoms with Crippen LogP contribution in [0.5, 0.6) is 5.75 Å². The molecule has 39 heavy (non-hydrogen) atoms. The highest BCUT2D eigenvalue weighted by molar-refractivity contribution is 9.10. The van der Waals surface area contributed by atoms with Gasteiger partial charge in [0.1, 0.15) is 12.3 Å². The lowest BCUT2D eigenvalue weighted by molar-refractivity contribution is -0.119. The van der Waals surface area contributed by atoms with Crippen LogP contribution in [0.3, 0.4) is 0 Å². The summed E-state index contributed by atoms with van der Waals surface area (Å²) < 4.78 is 37.0. The van der Waals surface area contributed by atoms with Crippen molar-refractivity contribution in [1.82, 2.24) is 9.99 Å². The number of carbonyl (C=O) groups excluding carboxylic acids is 1. The van der Waals surface area contributed by atoms with E-state index in [1.807, 2.05) is 51.1 Å². The molecule has 0 radical (unpaired) electrons. The van der Waals surface area contributed by atoms with Gasteiger partial charge in [-0.2, -0.15) is 5.10 Å². The number of nitrogens with one attached hydrogen (secondary N) is 1. The van der Waals surface area contributed by atoms with Crippen LogP contribution < -0.4 is 14.5 Å². The molecule has 0 saturated heterocycles. The molecule has 0 aliphatic heterocycles. The Bertz CT molecular complexity index is 1600. The van der Waals surface area contributed by atoms with Crippen LogP contribution in [0.2, 0.25) is 0 Å². The van der Waals surface area contributed by atoms with Crippen LogP contribution in [-0.2, 0) is 14.8 Å². The number of para-hydroxylation sites is 3. The van der Waals surface area contributed by atoms with Gasteiger partial charge in [-0.1, -0.05) is 42.5 Å². The second-order valence-electron chi connectivity index (χ2n) is 8.63. The molecular weight excluding hydrogens is 580 g/mol. The van der Waals surface area contributed by atoms with E-state index in [9.17, 15) is 13.2 Å². The first-order valence-electron chi connectivity index (χ1n) is 12.3. The molecule has 202 valence electrons. The second kappa shape index (κ2) is 12.3. The number of aromatic nitrogens is 1. The number of sulfonamides is 1. The van der Waals surface area contributed by atoms with Crippen LogP contribution in [0.25, 0.3) is 5.69 Å². The second-order valence-corrected chi connectivity index (χ2v) is 11.3. The average molecular weight is 610 g/mol. The Hall–Kier alpha value is -3.89. The molecule has 1 N–H and O–H groups in total. The molecule has 1 amide bonds. The third kappa shape index (κ3) is 6.23. The number of anilines is 1. The van der Waals surface area contributed by atoms with Gasteiger partial charge in [-0.15, -0.1) is 0 Å². The van der Waals surface area contributed by atoms with Crippen LogP contribution in [0.1, 0.15) is 23.9 Å². The molecule has 0 bridgehead atoms. The van der Waals surface area contributed by atoms with Crippen molar-refractivity contribution >= 4 is 43.8 Å². The van der Waals surface area contributed by atoms with Crippen molar-refractivity contribution in [2.45, 2.75) is 25.7 Å². The van der Waals surface area contributed by atoms with Crippen LogP contribution in [-0.4, -0.2) is 38.3 Å². The first-order valence-corrected chi connectivity index (χ1v) is 14.5. The van der Waals surface area contributed by atoms with Crippen molar-refractivity contribution < 1.29 is 17.9 Å². The summed E-state index contributed by atoms with van der Waals surface area (Å²) >= 11 is 3.60. The number of aryl methyl sites for hydroxylation is 1. The van der Waals surface area contributed by atoms with Gasteiger partial charge >= 0.3 is 0 Å². The van der Waals surface area contributed by atoms with E-state index in [1.54, 1.807) is 48.7 Å². The Morgan fingerprint density at radius 3 is 2.41 bits per heavy atom. The Morgan fingerprint density at radius 2 is 1.69 bits per heavy atom. The van der Waals surface area contributed by atoms with E-state index in [-0.39, 0.29) is 10.6 Å². The van der Waals surface area contributed by atoms with Gasteiger partial charge in [0.25, 0.3) is 15.9 Å². The van der Waals surface area contributed by atoms with E-state index in [1.165, 1.54) is 12.1 Å². The Morgan fingerprint density at radius 1 is 1.03 bits per heavy atom. The summed E-state index contributed by atoms with van der Waals surface area (Å²) in [5, 5.41) is 4.13. The first-order chi connectivity index (χ1) is 18.7. The standard InChI is InChI=1S/C29H29BrN4O4S/c1-4-38-28-17-11-10-16-27(28)33(39(36,37)24-12-6-5-7-13-24)20-29(35)32-31-19-23-18-21(2)34(22(23)3)26-15-9-8-14-25(26)30/h5-19H,4,20H2,1-3H3,(H,32,35)/b31-19-. The summed E-state index contributed by atoms with van der Waals surface area (Å²) in [4.78, 5) is 13.1. The normalized spacial score (nSPS) is 11.5. The Balaban J connectivity index is 1.59. The molecule has 1 heterocycles. The smallest absolute Gasteiger partial charge is 0.264 e. The van der Waals surface area contributed by atoms with Gasteiger partial charge in [0.15, 0.2) is 0 Å². The summed E-state index contributed by atoms with van der Waals surface area (Å²) in [7, 11) is -4.08. The predicted molar refractivity (Wildman–Crippen MR) is 157 cm³/mol. The minimum Gasteiger partial charge on any atom is -0.492 e. The highest BCUT2D eigenvalue weighted by Gasteiger charge is 2.29. The lowest BCUT2D eigenvalue weighted by atomic mass is 10.2. The number of hydrogen-bond acceptors (Lipinski definition) is 5. The highest BCUT2D eigenvalue weighted by atomic mass is 79.9. The molecule has 0 aliphatic rings. The van der Waals surface area contributed by atoms with Gasteiger partial charge in [-0.05, 0) is 79.2 Å². The van der Waals surface area contributed by atoms with E-state index >= 15 is 0 Å². The molecule has 3 aromatic carbocycles. The van der Waals surface area contributed by atoms with E-state index in [4.69, 9.17) is 4.74 Å². The van der Waals surface area contributed by atoms with Gasteiger partial charge in [-0.3, -0.25) is 9.10 Å². The molecular formula is C29H29BrN4O4S. The molecule has 10 heteroatoms. The fraction of sp³-hybridized carbons (Fsp3) is 0.172. The van der Waals surface area contributed by atoms with Crippen LogP contribution >= 0.6 is 15.9 Å². The molecule has 0 saturated carbocycles. The lowest BCUT2D eigenvalue weighted by Crippen LogP contribution is -2.39. The number of ether oxygens (including phenoxy) is 1. The average Bonchev–Trinajstić information content (AvgIpc) is 3.21. The van der Waals surface area contributed by atoms with Crippen molar-refractivity contribution in [2.24, 2.45) is 5.10 Å². The van der Waals surface area contributed by atoms with Crippen molar-refractivity contribution in [1.29, 1.82) is 0 Å². The summed E-state index contributed by atoms with van der Waals surface area (Å²) in [6.45, 7) is 5.61. The fourth-order valence-electron chi connectivity index (χ4n) is 4.22. The number of rotatable bonds is 10. The number of hydrogen-bond donors (Lipinski definition) is 1. The molecule has 0 spiro atoms. The zero-order chi connectivity index (χ0) is 28.0. The van der Waals surface area contributed by atoms with Gasteiger partial charge < -0.3 is 9.30 Å². The minimum atomic E-state index is -4.08. The summed E-state index contributed by atoms with van der Waals surface area (Å²) in [6.07, 6.45) is 1.55. The zero-order valence-electron chi connectivity index (χ0n) is 21.8. The van der Waals surface area contributed by atoms with Crippen molar-refractivity contribution in [3.05, 3.63) is 106 Å². The van der Waals surface area contributed by atoms with Gasteiger partial charge in [0.05, 0.1) is 29.1 Å². The molecule has 0 fully saturated rings. The molecule has 4 rings (SSSR count). The summed E-state index contributed by atoms with van der Waals surface area (Å²) in [6, 6.07) is 24.6. The summed E-state index contributed by atoms with van der Waals surface area (Å²) in [5.41, 5.74) is 6.49. The maximum atomic E-state index is 13.6. The van der Waals surface area contributed by atoms with Crippen molar-refractivity contribution in [3.63, 3.8) is 0 Å². The zero-order valence-corrected chi connectivity index (χ0v) is 24.2. The van der Waals surface area contributed by atoms with Crippen LogP contribution in [0.4, 0.5) is 5.69 Å². The lowest BCUT2D eigenvalue weighted by Gasteiger charge is -2.25. The monoisotopic (exact) mass is 608 g/mol. The molecule has 8 nitrogen and oxygen atoms in total. The largest absolute Gasteiger partial charge is 0.492 e. The summed E-state index contributed by atoms with van der Waals surface area (Å²) in [5.74, 6) is -0.244. The van der Waals surface area contributed by atoms with E-state index < -0.39 is 22.5 Å². The molecule has 0 atom stereocenters. The fourth-order valence-corrected chi connectivity index (χ4v) is 6.14. The quantitative estimate of drug-likeness (QED) is 0.187. The molecule has 4 aromatic rings. The molecule has 0 aliphatic carbocycles. The number of carbonyl (C=O) groups is 1. The van der Waals surface area contributed by atoms with Crippen molar-refractivity contribution in [2.75, 3.05) is 17.5 Å². The van der Waals surface area contributed by atoms with E-state index in [2.05, 4.69) is 31.0 Å². The van der Waals surface area contributed by atoms with Crippen molar-refractivity contribution in [3.8, 4) is 11.4 Å². The maximum absolute atomic E-state index is 13.6. The van der Waals surface area contributed by atoms with Crippen LogP contribution in [0, 0.1) is 13.8 Å². The van der Waals surface area contributed by atoms with Crippen LogP contribution in [0.15, 0.2) is 99.4 Å². The number of halogens is 1. The third-order valence-electron chi connectivity index (χ3n) is 6.01.